The van der Waals surface area contributed by atoms with E-state index in [-0.39, 0.29) is 52.6 Å². The molecule has 2 saturated heterocycles. The zero-order valence-corrected chi connectivity index (χ0v) is 28.4. The highest BCUT2D eigenvalue weighted by molar-refractivity contribution is 7.66. The van der Waals surface area contributed by atoms with Crippen molar-refractivity contribution >= 4 is 49.6 Å². The maximum absolute atomic E-state index is 12.8. The fourth-order valence-electron chi connectivity index (χ4n) is 5.93. The normalized spacial score (nSPS) is 29.5. The molecule has 26 heteroatoms. The first-order chi connectivity index (χ1) is 23.9. The second kappa shape index (κ2) is 13.6. The third-order valence-electron chi connectivity index (χ3n) is 8.26. The second-order valence-electron chi connectivity index (χ2n) is 12.0. The molecule has 12 N–H and O–H groups in total. The van der Waals surface area contributed by atoms with Crippen molar-refractivity contribution < 1.29 is 67.3 Å². The first-order valence-corrected chi connectivity index (χ1v) is 18.2. The van der Waals surface area contributed by atoms with Gasteiger partial charge in [0, 0.05) is 5.82 Å². The largest absolute Gasteiger partial charge is 0.490 e. The Morgan fingerprint density at radius 1 is 1.02 bits per heavy atom. The van der Waals surface area contributed by atoms with Crippen LogP contribution >= 0.6 is 15.4 Å². The fraction of sp³-hybridized carbons (Fsp3) is 0.520. The molecule has 51 heavy (non-hydrogen) atoms. The van der Waals surface area contributed by atoms with Crippen LogP contribution in [0.5, 0.6) is 5.88 Å². The van der Waals surface area contributed by atoms with Gasteiger partial charge in [-0.05, 0) is 19.8 Å². The number of imidazole rings is 2. The summed E-state index contributed by atoms with van der Waals surface area (Å²) in [5, 5.41) is 52.7. The van der Waals surface area contributed by atoms with Crippen LogP contribution in [-0.4, -0.2) is 113 Å². The van der Waals surface area contributed by atoms with Gasteiger partial charge < -0.3 is 56.3 Å². The van der Waals surface area contributed by atoms with Crippen molar-refractivity contribution in [3.05, 3.63) is 34.4 Å². The molecule has 10 atom stereocenters. The molecule has 2 fully saturated rings. The summed E-state index contributed by atoms with van der Waals surface area (Å²) in [7, 11) is -8.66. The topological polar surface area (TPSA) is 363 Å². The number of allylic oxidation sites excluding steroid dienone is 1. The van der Waals surface area contributed by atoms with Gasteiger partial charge in [-0.2, -0.15) is 19.5 Å². The van der Waals surface area contributed by atoms with Gasteiger partial charge in [0.2, 0.25) is 24.5 Å². The van der Waals surface area contributed by atoms with Crippen LogP contribution in [0.15, 0.2) is 28.8 Å². The molecule has 0 amide bonds. The number of ether oxygens (including phenoxy) is 2. The molecule has 4 aromatic heterocycles. The average Bonchev–Trinajstić information content (AvgIpc) is 3.74. The number of nitrogens with zero attached hydrogens (tertiary/aromatic N) is 7. The molecule has 2 aliphatic rings. The number of aromatic hydroxyl groups is 1. The van der Waals surface area contributed by atoms with Gasteiger partial charge >= 0.3 is 15.4 Å². The molecule has 0 aliphatic carbocycles. The van der Waals surface area contributed by atoms with Gasteiger partial charge in [0.25, 0.3) is 22.6 Å². The molecular weight excluding hydrogens is 726 g/mol. The van der Waals surface area contributed by atoms with E-state index in [1.807, 2.05) is 0 Å². The molecule has 4 aromatic rings. The van der Waals surface area contributed by atoms with Crippen LogP contribution in [0.25, 0.3) is 22.3 Å². The highest BCUT2D eigenvalue weighted by atomic mass is 31.3. The lowest BCUT2D eigenvalue weighted by Crippen LogP contribution is -2.33. The number of aliphatic hydroxyl groups excluding tert-OH is 4. The molecule has 278 valence electrons. The number of aliphatic hydroxyl groups is 4. The van der Waals surface area contributed by atoms with Gasteiger partial charge in [0.1, 0.15) is 30.5 Å². The summed E-state index contributed by atoms with van der Waals surface area (Å²) in [6.07, 6.45) is -8.61. The number of hydrogen-bond donors (Lipinski definition) is 10. The summed E-state index contributed by atoms with van der Waals surface area (Å²) in [6, 6.07) is 0. The maximum Gasteiger partial charge on any atom is 0.479 e. The highest BCUT2D eigenvalue weighted by Gasteiger charge is 2.48. The minimum Gasteiger partial charge on any atom is -0.490 e. The van der Waals surface area contributed by atoms with Gasteiger partial charge in [0.15, 0.2) is 17.4 Å². The number of fused-ring (bicyclic) bond motifs is 2. The van der Waals surface area contributed by atoms with E-state index in [9.17, 15) is 49.2 Å². The Kier molecular flexibility index (Phi) is 9.82. The van der Waals surface area contributed by atoms with Gasteiger partial charge in [-0.1, -0.05) is 5.57 Å². The summed E-state index contributed by atoms with van der Waals surface area (Å²) < 4.78 is 50.1. The molecule has 0 aromatic carbocycles. The lowest BCUT2D eigenvalue weighted by Gasteiger charge is -2.19. The number of phosphoric acid groups is 1. The summed E-state index contributed by atoms with van der Waals surface area (Å²) in [6.45, 7) is 0.522. The van der Waals surface area contributed by atoms with E-state index >= 15 is 0 Å². The van der Waals surface area contributed by atoms with Crippen LogP contribution in [0, 0.1) is 0 Å². The number of aryl methyl sites for hydroxylation is 1. The van der Waals surface area contributed by atoms with Crippen molar-refractivity contribution in [1.82, 2.24) is 34.1 Å². The van der Waals surface area contributed by atoms with Crippen LogP contribution in [0.2, 0.25) is 0 Å². The molecule has 6 rings (SSSR count). The predicted molar refractivity (Wildman–Crippen MR) is 169 cm³/mol. The maximum atomic E-state index is 12.8. The number of hydrogen-bond acceptors (Lipinski definition) is 18. The Morgan fingerprint density at radius 2 is 1.67 bits per heavy atom. The summed E-state index contributed by atoms with van der Waals surface area (Å²) in [5.74, 6) is -0.200. The summed E-state index contributed by atoms with van der Waals surface area (Å²) in [5.41, 5.74) is 10.9. The van der Waals surface area contributed by atoms with Crippen LogP contribution in [0.4, 0.5) is 11.9 Å². The number of aromatic amines is 1. The van der Waals surface area contributed by atoms with E-state index in [2.05, 4.69) is 29.2 Å². The Hall–Kier alpha value is -3.90. The number of nitrogens with one attached hydrogen (secondary N) is 1. The third-order valence-corrected chi connectivity index (χ3v) is 11.3. The third kappa shape index (κ3) is 7.26. The van der Waals surface area contributed by atoms with Gasteiger partial charge in [-0.25, -0.2) is 18.4 Å². The number of nitrogens with two attached hydrogens (primary N) is 2. The lowest BCUT2D eigenvalue weighted by molar-refractivity contribution is -0.646. The molecule has 2 aliphatic heterocycles. The Morgan fingerprint density at radius 3 is 2.37 bits per heavy atom. The minimum absolute atomic E-state index is 0.00152. The van der Waals surface area contributed by atoms with E-state index < -0.39 is 82.5 Å². The number of aromatic nitrogens is 8. The summed E-state index contributed by atoms with van der Waals surface area (Å²) in [4.78, 5) is 50.5. The van der Waals surface area contributed by atoms with Crippen molar-refractivity contribution in [1.29, 1.82) is 0 Å². The molecular formula is C25H35N10O14P2+. The Labute approximate surface area is 285 Å². The number of anilines is 2. The Bertz CT molecular complexity index is 2160. The molecule has 0 radical (unpaired) electrons. The van der Waals surface area contributed by atoms with Crippen molar-refractivity contribution in [2.24, 2.45) is 7.05 Å². The molecule has 0 bridgehead atoms. The molecule has 24 nitrogen and oxygen atoms in total. The first kappa shape index (κ1) is 36.9. The SMILES string of the molecule is C/C(=C\P(=O)(O)OP(=O)(O)OC[C@H]1O[C@@H](n2cnc3c(=O)[nH]c(N)nc32)C(O)[C@H]1O)CC[C@H]1O[C@@H](n2c[n+](C)c3c(O)nc(N)nc32)C(O)C1O. The van der Waals surface area contributed by atoms with Crippen LogP contribution in [-0.2, 0) is 34.5 Å². The van der Waals surface area contributed by atoms with E-state index in [0.717, 1.165) is 10.9 Å². The summed E-state index contributed by atoms with van der Waals surface area (Å²) >= 11 is 0. The van der Waals surface area contributed by atoms with Crippen molar-refractivity contribution in [3.8, 4) is 5.88 Å². The van der Waals surface area contributed by atoms with Crippen molar-refractivity contribution in [2.45, 2.75) is 68.8 Å². The average molecular weight is 762 g/mol. The van der Waals surface area contributed by atoms with E-state index in [1.54, 1.807) is 7.05 Å². The highest BCUT2D eigenvalue weighted by Crippen LogP contribution is 2.61. The van der Waals surface area contributed by atoms with E-state index in [0.29, 0.717) is 5.82 Å². The smallest absolute Gasteiger partial charge is 0.479 e. The van der Waals surface area contributed by atoms with E-state index in [4.69, 9.17) is 25.5 Å². The first-order valence-electron chi connectivity index (χ1n) is 15.0. The Balaban J connectivity index is 1.05. The van der Waals surface area contributed by atoms with Crippen LogP contribution in [0.3, 0.4) is 0 Å². The molecule has 6 heterocycles. The molecule has 0 spiro atoms. The monoisotopic (exact) mass is 761 g/mol. The van der Waals surface area contributed by atoms with Gasteiger partial charge in [-0.15, -0.1) is 0 Å². The number of rotatable bonds is 11. The number of nitrogen functional groups attached to an aromatic ring is 2. The molecule has 5 unspecified atom stereocenters. The number of H-pyrrole nitrogens is 1. The van der Waals surface area contributed by atoms with Gasteiger partial charge in [-0.3, -0.25) is 23.4 Å². The fourth-order valence-corrected chi connectivity index (χ4v) is 8.51. The number of phosphoric ester groups is 1. The predicted octanol–water partition coefficient (Wildman–Crippen LogP) is -2.50. The lowest BCUT2D eigenvalue weighted by atomic mass is 10.0. The van der Waals surface area contributed by atoms with Crippen molar-refractivity contribution in [3.63, 3.8) is 0 Å². The zero-order valence-electron chi connectivity index (χ0n) is 26.6. The van der Waals surface area contributed by atoms with Crippen LogP contribution < -0.4 is 21.6 Å². The van der Waals surface area contributed by atoms with Crippen LogP contribution in [0.1, 0.15) is 32.2 Å². The van der Waals surface area contributed by atoms with E-state index in [1.165, 1.54) is 22.4 Å². The molecule has 0 saturated carbocycles. The zero-order chi connectivity index (χ0) is 37.2. The quantitative estimate of drug-likeness (QED) is 0.0557. The second-order valence-corrected chi connectivity index (χ2v) is 15.2. The van der Waals surface area contributed by atoms with Gasteiger partial charge in [0.05, 0.1) is 26.1 Å². The van der Waals surface area contributed by atoms with Crippen molar-refractivity contribution in [2.75, 3.05) is 18.1 Å². The standard InChI is InChI=1S/C25H34N10O14P2/c1-9(3-4-10-14(36)16(38)23(47-10)35-8-33(2)13-19(35)30-25(27)32-21(13)41)6-50(42,43)49-51(44,45)46-5-11-15(37)17(39)22(48-11)34-7-28-12-18(34)29-24(26)31-20(12)40/h6-8,10-11,14-17,22-23,36-39H,3-5H2,1-2H3,(H7-,26,27,29,30,31,32,40,41,42,43,44,45)/p+1/b9-6+/t10-,11-,14?,15+,16?,17?,22-,23-/m1/s1. The minimum atomic E-state index is -5.29.